The summed E-state index contributed by atoms with van der Waals surface area (Å²) in [7, 11) is 0. The first-order valence-electron chi connectivity index (χ1n) is 10.2. The number of furan rings is 1. The van der Waals surface area contributed by atoms with Gasteiger partial charge in [0.05, 0.1) is 16.5 Å². The van der Waals surface area contributed by atoms with Crippen molar-refractivity contribution in [2.24, 2.45) is 0 Å². The maximum Gasteiger partial charge on any atom is 0.294 e. The molecule has 1 fully saturated rings. The van der Waals surface area contributed by atoms with Gasteiger partial charge in [-0.1, -0.05) is 31.2 Å². The van der Waals surface area contributed by atoms with E-state index < -0.39 is 17.1 Å². The normalized spacial score (nSPS) is 14.5. The van der Waals surface area contributed by atoms with Gasteiger partial charge in [0.1, 0.15) is 18.1 Å². The summed E-state index contributed by atoms with van der Waals surface area (Å²) in [6.45, 7) is 1.66. The van der Waals surface area contributed by atoms with Crippen LogP contribution in [0.1, 0.15) is 23.8 Å². The van der Waals surface area contributed by atoms with Crippen LogP contribution >= 0.6 is 11.8 Å². The summed E-state index contributed by atoms with van der Waals surface area (Å²) in [6.07, 6.45) is 2.35. The van der Waals surface area contributed by atoms with Crippen molar-refractivity contribution in [3.63, 3.8) is 0 Å². The Morgan fingerprint density at radius 2 is 1.88 bits per heavy atom. The van der Waals surface area contributed by atoms with Crippen LogP contribution in [-0.4, -0.2) is 28.5 Å². The van der Waals surface area contributed by atoms with E-state index in [1.165, 1.54) is 6.08 Å². The second-order valence-electron chi connectivity index (χ2n) is 7.23. The average molecular weight is 458 g/mol. The number of rotatable bonds is 6. The van der Waals surface area contributed by atoms with Crippen LogP contribution in [0.2, 0.25) is 0 Å². The molecule has 164 valence electrons. The molecule has 1 aromatic heterocycles. The Labute approximate surface area is 194 Å². The standard InChI is InChI=1S/C25H19N3O4S/c1-2-16-7-9-18(10-8-16)27-23(29)15-28-24(30)22(33-25(28)31)13-19-11-12-21(32-19)20-6-4-3-5-17(20)14-26/h3-13H,2,15H2,1H3,(H,27,29)/b22-13+. The highest BCUT2D eigenvalue weighted by Gasteiger charge is 2.36. The monoisotopic (exact) mass is 457 g/mol. The Bertz CT molecular complexity index is 1300. The Balaban J connectivity index is 1.45. The van der Waals surface area contributed by atoms with Crippen molar-refractivity contribution in [1.82, 2.24) is 4.90 Å². The molecule has 1 aliphatic heterocycles. The summed E-state index contributed by atoms with van der Waals surface area (Å²) in [5.74, 6) is -0.178. The number of hydrogen-bond acceptors (Lipinski definition) is 6. The number of benzene rings is 2. The molecule has 1 N–H and O–H groups in total. The zero-order valence-electron chi connectivity index (χ0n) is 17.7. The Hall–Kier alpha value is -4.09. The lowest BCUT2D eigenvalue weighted by atomic mass is 10.1. The zero-order valence-corrected chi connectivity index (χ0v) is 18.5. The minimum absolute atomic E-state index is 0.162. The van der Waals surface area contributed by atoms with E-state index in [4.69, 9.17) is 4.42 Å². The van der Waals surface area contributed by atoms with Crippen LogP contribution in [0.15, 0.2) is 70.0 Å². The topological polar surface area (TPSA) is 103 Å². The minimum atomic E-state index is -0.558. The fourth-order valence-electron chi connectivity index (χ4n) is 3.30. The van der Waals surface area contributed by atoms with Gasteiger partial charge in [0.15, 0.2) is 0 Å². The summed E-state index contributed by atoms with van der Waals surface area (Å²) in [5.41, 5.74) is 2.84. The quantitative estimate of drug-likeness (QED) is 0.519. The first-order valence-corrected chi connectivity index (χ1v) is 11.0. The number of carbonyl (C=O) groups excluding carboxylic acids is 3. The number of nitriles is 1. The van der Waals surface area contributed by atoms with Gasteiger partial charge in [-0.3, -0.25) is 19.3 Å². The summed E-state index contributed by atoms with van der Waals surface area (Å²) < 4.78 is 5.77. The first-order chi connectivity index (χ1) is 16.0. The molecule has 33 heavy (non-hydrogen) atoms. The van der Waals surface area contributed by atoms with Gasteiger partial charge in [-0.15, -0.1) is 0 Å². The second kappa shape index (κ2) is 9.59. The van der Waals surface area contributed by atoms with Gasteiger partial charge < -0.3 is 9.73 Å². The highest BCUT2D eigenvalue weighted by molar-refractivity contribution is 8.18. The largest absolute Gasteiger partial charge is 0.457 e. The van der Waals surface area contributed by atoms with Crippen molar-refractivity contribution >= 4 is 40.6 Å². The van der Waals surface area contributed by atoms with E-state index in [2.05, 4.69) is 11.4 Å². The fourth-order valence-corrected chi connectivity index (χ4v) is 4.12. The third-order valence-corrected chi connectivity index (χ3v) is 5.94. The summed E-state index contributed by atoms with van der Waals surface area (Å²) in [4.78, 5) is 38.5. The van der Waals surface area contributed by atoms with Crippen molar-refractivity contribution < 1.29 is 18.8 Å². The number of hydrogen-bond donors (Lipinski definition) is 1. The predicted octanol–water partition coefficient (Wildman–Crippen LogP) is 5.06. The molecule has 0 aliphatic carbocycles. The number of amides is 3. The van der Waals surface area contributed by atoms with E-state index in [0.717, 1.165) is 28.6 Å². The molecule has 1 saturated heterocycles. The number of imide groups is 1. The molecule has 7 nitrogen and oxygen atoms in total. The number of aryl methyl sites for hydroxylation is 1. The van der Waals surface area contributed by atoms with Gasteiger partial charge in [0.25, 0.3) is 11.1 Å². The van der Waals surface area contributed by atoms with Gasteiger partial charge in [0, 0.05) is 17.3 Å². The summed E-state index contributed by atoms with van der Waals surface area (Å²) in [5, 5.41) is 11.4. The molecular formula is C25H19N3O4S. The molecule has 2 heterocycles. The van der Waals surface area contributed by atoms with Crippen LogP contribution in [0.5, 0.6) is 0 Å². The van der Waals surface area contributed by atoms with Gasteiger partial charge in [-0.25, -0.2) is 0 Å². The molecule has 8 heteroatoms. The van der Waals surface area contributed by atoms with Crippen molar-refractivity contribution in [3.05, 3.63) is 82.5 Å². The molecule has 0 atom stereocenters. The smallest absolute Gasteiger partial charge is 0.294 e. The average Bonchev–Trinajstić information content (AvgIpc) is 3.39. The van der Waals surface area contributed by atoms with Crippen molar-refractivity contribution in [3.8, 4) is 17.4 Å². The molecule has 0 bridgehead atoms. The zero-order chi connectivity index (χ0) is 23.4. The molecular weight excluding hydrogens is 438 g/mol. The SMILES string of the molecule is CCc1ccc(NC(=O)CN2C(=O)S/C(=C/c3ccc(-c4ccccc4C#N)o3)C2=O)cc1. The first kappa shape index (κ1) is 22.1. The lowest BCUT2D eigenvalue weighted by Gasteiger charge is -2.12. The van der Waals surface area contributed by atoms with Crippen molar-refractivity contribution in [1.29, 1.82) is 5.26 Å². The van der Waals surface area contributed by atoms with Crippen LogP contribution in [0.3, 0.4) is 0 Å². The summed E-state index contributed by atoms with van der Waals surface area (Å²) >= 11 is 0.749. The van der Waals surface area contributed by atoms with E-state index >= 15 is 0 Å². The maximum absolute atomic E-state index is 12.7. The molecule has 0 radical (unpaired) electrons. The Morgan fingerprint density at radius 1 is 1.12 bits per heavy atom. The molecule has 0 spiro atoms. The van der Waals surface area contributed by atoms with E-state index in [0.29, 0.717) is 28.3 Å². The minimum Gasteiger partial charge on any atom is -0.457 e. The highest BCUT2D eigenvalue weighted by atomic mass is 32.2. The Morgan fingerprint density at radius 3 is 2.61 bits per heavy atom. The molecule has 3 amide bonds. The van der Waals surface area contributed by atoms with Crippen LogP contribution < -0.4 is 5.32 Å². The lowest BCUT2D eigenvalue weighted by Crippen LogP contribution is -2.36. The lowest BCUT2D eigenvalue weighted by molar-refractivity contribution is -0.127. The molecule has 1 aliphatic rings. The third-order valence-electron chi connectivity index (χ3n) is 5.03. The van der Waals surface area contributed by atoms with Gasteiger partial charge in [-0.05, 0) is 60.1 Å². The second-order valence-corrected chi connectivity index (χ2v) is 8.22. The van der Waals surface area contributed by atoms with Crippen LogP contribution in [-0.2, 0) is 16.0 Å². The summed E-state index contributed by atoms with van der Waals surface area (Å²) in [6, 6.07) is 19.9. The van der Waals surface area contributed by atoms with Gasteiger partial charge >= 0.3 is 0 Å². The fraction of sp³-hybridized carbons (Fsp3) is 0.120. The molecule has 3 aromatic rings. The number of thioether (sulfide) groups is 1. The van der Waals surface area contributed by atoms with E-state index in [1.54, 1.807) is 48.5 Å². The maximum atomic E-state index is 12.7. The highest BCUT2D eigenvalue weighted by Crippen LogP contribution is 2.33. The predicted molar refractivity (Wildman–Crippen MR) is 126 cm³/mol. The van der Waals surface area contributed by atoms with Crippen molar-refractivity contribution in [2.75, 3.05) is 11.9 Å². The van der Waals surface area contributed by atoms with Crippen LogP contribution in [0.4, 0.5) is 10.5 Å². The van der Waals surface area contributed by atoms with E-state index in [1.807, 2.05) is 19.1 Å². The molecule has 2 aromatic carbocycles. The number of nitrogens with one attached hydrogen (secondary N) is 1. The number of anilines is 1. The molecule has 0 saturated carbocycles. The van der Waals surface area contributed by atoms with E-state index in [-0.39, 0.29) is 11.4 Å². The van der Waals surface area contributed by atoms with E-state index in [9.17, 15) is 19.6 Å². The molecule has 0 unspecified atom stereocenters. The number of carbonyl (C=O) groups is 3. The van der Waals surface area contributed by atoms with Gasteiger partial charge in [0.2, 0.25) is 5.91 Å². The van der Waals surface area contributed by atoms with Crippen LogP contribution in [0, 0.1) is 11.3 Å². The van der Waals surface area contributed by atoms with Gasteiger partial charge in [-0.2, -0.15) is 5.26 Å². The third kappa shape index (κ3) is 4.89. The van der Waals surface area contributed by atoms with Crippen molar-refractivity contribution in [2.45, 2.75) is 13.3 Å². The van der Waals surface area contributed by atoms with Crippen LogP contribution in [0.25, 0.3) is 17.4 Å². The Kier molecular flexibility index (Phi) is 6.43. The number of nitrogens with zero attached hydrogens (tertiary/aromatic N) is 2. The molecule has 4 rings (SSSR count).